The number of hydrogen-bond donors (Lipinski definition) is 2. The van der Waals surface area contributed by atoms with Gasteiger partial charge in [-0.3, -0.25) is 9.69 Å². The third-order valence-electron chi connectivity index (χ3n) is 6.01. The standard InChI is InChI=1S/C22H26FN5O/c23-16-7-3-14(4-8-16)12-28-11-1-2-17(13-28)25-21-18-9-10-24-22(29)19(18)26-20(27-21)15-5-6-15/h3-4,7-8,15,17H,1-2,5-6,9-13H2,(H,24,29)(H,25,26,27). The highest BCUT2D eigenvalue weighted by molar-refractivity contribution is 5.96. The SMILES string of the molecule is O=C1NCCc2c(NC3CCCN(Cc4ccc(F)cc4)C3)nc(C3CC3)nc21. The molecule has 1 saturated heterocycles. The molecular weight excluding hydrogens is 369 g/mol. The van der Waals surface area contributed by atoms with Crippen LogP contribution in [0.3, 0.4) is 0 Å². The Kier molecular flexibility index (Phi) is 4.91. The van der Waals surface area contributed by atoms with Crippen molar-refractivity contribution in [1.82, 2.24) is 20.2 Å². The number of halogens is 1. The van der Waals surface area contributed by atoms with Gasteiger partial charge in [-0.15, -0.1) is 0 Å². The number of anilines is 1. The molecule has 2 fully saturated rings. The highest BCUT2D eigenvalue weighted by Crippen LogP contribution is 2.39. The smallest absolute Gasteiger partial charge is 0.270 e. The monoisotopic (exact) mass is 395 g/mol. The molecule has 1 saturated carbocycles. The number of hydrogen-bond acceptors (Lipinski definition) is 5. The number of carbonyl (C=O) groups is 1. The highest BCUT2D eigenvalue weighted by Gasteiger charge is 2.32. The topological polar surface area (TPSA) is 70.2 Å². The molecule has 29 heavy (non-hydrogen) atoms. The summed E-state index contributed by atoms with van der Waals surface area (Å²) in [6.07, 6.45) is 5.15. The molecule has 0 bridgehead atoms. The van der Waals surface area contributed by atoms with E-state index >= 15 is 0 Å². The average Bonchev–Trinajstić information content (AvgIpc) is 3.56. The van der Waals surface area contributed by atoms with Gasteiger partial charge in [0.15, 0.2) is 0 Å². The van der Waals surface area contributed by atoms with Crippen LogP contribution in [0.25, 0.3) is 0 Å². The number of piperidine rings is 1. The Hall–Kier alpha value is -2.54. The Morgan fingerprint density at radius 3 is 2.79 bits per heavy atom. The summed E-state index contributed by atoms with van der Waals surface area (Å²) >= 11 is 0. The van der Waals surface area contributed by atoms with Gasteiger partial charge >= 0.3 is 0 Å². The summed E-state index contributed by atoms with van der Waals surface area (Å²) in [5.74, 6) is 1.77. The summed E-state index contributed by atoms with van der Waals surface area (Å²) in [6, 6.07) is 7.03. The molecule has 2 aliphatic heterocycles. The maximum Gasteiger partial charge on any atom is 0.270 e. The first kappa shape index (κ1) is 18.5. The lowest BCUT2D eigenvalue weighted by Gasteiger charge is -2.34. The first-order chi connectivity index (χ1) is 14.2. The lowest BCUT2D eigenvalue weighted by Crippen LogP contribution is -2.42. The predicted molar refractivity (Wildman–Crippen MR) is 108 cm³/mol. The maximum absolute atomic E-state index is 13.2. The van der Waals surface area contributed by atoms with Crippen LogP contribution in [0.1, 0.15) is 59.0 Å². The fraction of sp³-hybridized carbons (Fsp3) is 0.500. The number of amides is 1. The van der Waals surface area contributed by atoms with Gasteiger partial charge in [0, 0.05) is 37.2 Å². The van der Waals surface area contributed by atoms with Gasteiger partial charge < -0.3 is 10.6 Å². The molecular formula is C22H26FN5O. The number of aromatic nitrogens is 2. The van der Waals surface area contributed by atoms with Crippen molar-refractivity contribution < 1.29 is 9.18 Å². The van der Waals surface area contributed by atoms with Crippen LogP contribution in [-0.2, 0) is 13.0 Å². The zero-order valence-corrected chi connectivity index (χ0v) is 16.5. The van der Waals surface area contributed by atoms with Gasteiger partial charge in [0.1, 0.15) is 23.2 Å². The van der Waals surface area contributed by atoms with E-state index in [1.54, 1.807) is 0 Å². The minimum atomic E-state index is -0.198. The van der Waals surface area contributed by atoms with E-state index in [-0.39, 0.29) is 17.8 Å². The van der Waals surface area contributed by atoms with Gasteiger partial charge in [-0.05, 0) is 56.3 Å². The number of benzene rings is 1. The molecule has 7 heteroatoms. The van der Waals surface area contributed by atoms with Gasteiger partial charge in [-0.25, -0.2) is 14.4 Å². The molecule has 0 spiro atoms. The zero-order valence-electron chi connectivity index (χ0n) is 16.5. The number of rotatable bonds is 5. The Morgan fingerprint density at radius 2 is 2.00 bits per heavy atom. The lowest BCUT2D eigenvalue weighted by atomic mass is 10.0. The molecule has 5 rings (SSSR count). The van der Waals surface area contributed by atoms with Crippen LogP contribution in [0.4, 0.5) is 10.2 Å². The summed E-state index contributed by atoms with van der Waals surface area (Å²) in [7, 11) is 0. The molecule has 1 amide bonds. The summed E-state index contributed by atoms with van der Waals surface area (Å²) in [4.78, 5) is 24.2. The van der Waals surface area contributed by atoms with Crippen molar-refractivity contribution in [3.63, 3.8) is 0 Å². The highest BCUT2D eigenvalue weighted by atomic mass is 19.1. The Labute approximate surface area is 169 Å². The lowest BCUT2D eigenvalue weighted by molar-refractivity contribution is 0.0940. The molecule has 1 aliphatic carbocycles. The third-order valence-corrected chi connectivity index (χ3v) is 6.01. The summed E-state index contributed by atoms with van der Waals surface area (Å²) < 4.78 is 13.2. The first-order valence-corrected chi connectivity index (χ1v) is 10.6. The van der Waals surface area contributed by atoms with Crippen LogP contribution in [0, 0.1) is 5.82 Å². The van der Waals surface area contributed by atoms with Crippen LogP contribution >= 0.6 is 0 Å². The van der Waals surface area contributed by atoms with E-state index in [9.17, 15) is 9.18 Å². The van der Waals surface area contributed by atoms with Crippen LogP contribution in [0.2, 0.25) is 0 Å². The predicted octanol–water partition coefficient (Wildman–Crippen LogP) is 2.86. The van der Waals surface area contributed by atoms with Gasteiger partial charge in [0.05, 0.1) is 0 Å². The minimum absolute atomic E-state index is 0.0832. The molecule has 152 valence electrons. The minimum Gasteiger partial charge on any atom is -0.366 e. The zero-order chi connectivity index (χ0) is 19.8. The fourth-order valence-electron chi connectivity index (χ4n) is 4.31. The molecule has 0 radical (unpaired) electrons. The molecule has 2 N–H and O–H groups in total. The molecule has 2 aromatic rings. The number of carbonyl (C=O) groups excluding carboxylic acids is 1. The van der Waals surface area contributed by atoms with Gasteiger partial charge in [0.2, 0.25) is 0 Å². The molecule has 1 aromatic heterocycles. The molecule has 3 heterocycles. The number of nitrogens with zero attached hydrogens (tertiary/aromatic N) is 3. The van der Waals surface area contributed by atoms with Crippen LogP contribution < -0.4 is 10.6 Å². The van der Waals surface area contributed by atoms with Crippen molar-refractivity contribution in [2.45, 2.75) is 50.6 Å². The number of nitrogens with one attached hydrogen (secondary N) is 2. The van der Waals surface area contributed by atoms with Crippen molar-refractivity contribution in [2.75, 3.05) is 25.0 Å². The van der Waals surface area contributed by atoms with Crippen molar-refractivity contribution in [3.05, 3.63) is 52.7 Å². The van der Waals surface area contributed by atoms with Crippen LogP contribution in [-0.4, -0.2) is 46.5 Å². The first-order valence-electron chi connectivity index (χ1n) is 10.6. The van der Waals surface area contributed by atoms with E-state index in [1.807, 2.05) is 12.1 Å². The van der Waals surface area contributed by atoms with Crippen molar-refractivity contribution in [1.29, 1.82) is 0 Å². The number of likely N-dealkylation sites (tertiary alicyclic amines) is 1. The summed E-state index contributed by atoms with van der Waals surface area (Å²) in [5.41, 5.74) is 2.63. The second-order valence-corrected chi connectivity index (χ2v) is 8.38. The Balaban J connectivity index is 1.33. The van der Waals surface area contributed by atoms with Gasteiger partial charge in [-0.1, -0.05) is 12.1 Å². The molecule has 1 aromatic carbocycles. The van der Waals surface area contributed by atoms with E-state index in [4.69, 9.17) is 4.98 Å². The molecule has 1 unspecified atom stereocenters. The van der Waals surface area contributed by atoms with E-state index < -0.39 is 0 Å². The van der Waals surface area contributed by atoms with E-state index in [1.165, 1.54) is 12.1 Å². The third kappa shape index (κ3) is 4.10. The summed E-state index contributed by atoms with van der Waals surface area (Å²) in [5, 5.41) is 6.55. The Bertz CT molecular complexity index is 912. The Morgan fingerprint density at radius 1 is 1.17 bits per heavy atom. The van der Waals surface area contributed by atoms with Crippen molar-refractivity contribution in [3.8, 4) is 0 Å². The quantitative estimate of drug-likeness (QED) is 0.815. The second-order valence-electron chi connectivity index (χ2n) is 8.38. The number of fused-ring (bicyclic) bond motifs is 1. The molecule has 1 atom stereocenters. The molecule has 6 nitrogen and oxygen atoms in total. The van der Waals surface area contributed by atoms with E-state index in [0.717, 1.165) is 74.5 Å². The van der Waals surface area contributed by atoms with E-state index in [0.29, 0.717) is 18.2 Å². The van der Waals surface area contributed by atoms with E-state index in [2.05, 4.69) is 20.5 Å². The van der Waals surface area contributed by atoms with Gasteiger partial charge in [-0.2, -0.15) is 0 Å². The average molecular weight is 395 g/mol. The van der Waals surface area contributed by atoms with Crippen LogP contribution in [0.5, 0.6) is 0 Å². The molecule has 3 aliphatic rings. The largest absolute Gasteiger partial charge is 0.366 e. The summed E-state index contributed by atoms with van der Waals surface area (Å²) in [6.45, 7) is 3.39. The second kappa shape index (κ2) is 7.71. The van der Waals surface area contributed by atoms with Crippen molar-refractivity contribution >= 4 is 11.7 Å². The van der Waals surface area contributed by atoms with Gasteiger partial charge in [0.25, 0.3) is 5.91 Å². The fourth-order valence-corrected chi connectivity index (χ4v) is 4.31. The maximum atomic E-state index is 13.2. The van der Waals surface area contributed by atoms with Crippen LogP contribution in [0.15, 0.2) is 24.3 Å². The normalized spacial score (nSPS) is 22.1. The van der Waals surface area contributed by atoms with Crippen molar-refractivity contribution in [2.24, 2.45) is 0 Å².